The van der Waals surface area contributed by atoms with Crippen LogP contribution in [0.4, 0.5) is 32.0 Å². The molecule has 0 radical (unpaired) electrons. The quantitative estimate of drug-likeness (QED) is 0.595. The molecular weight excluding hydrogens is 428 g/mol. The van der Waals surface area contributed by atoms with Gasteiger partial charge in [0.15, 0.2) is 11.8 Å². The molecule has 2 rings (SSSR count). The Bertz CT molecular complexity index is 876. The number of halogens is 6. The number of carbonyl (C=O) groups excluding carboxylic acids is 1. The van der Waals surface area contributed by atoms with Gasteiger partial charge in [-0.05, 0) is 24.3 Å². The first kappa shape index (κ1) is 22.6. The van der Waals surface area contributed by atoms with Crippen LogP contribution in [0, 0.1) is 0 Å². The first-order valence-corrected chi connectivity index (χ1v) is 8.49. The Morgan fingerprint density at radius 1 is 1.21 bits per heavy atom. The maximum absolute atomic E-state index is 12.3. The molecule has 1 aromatic carbocycles. The largest absolute Gasteiger partial charge is 0.573 e. The number of hydrogen-bond donors (Lipinski definition) is 3. The van der Waals surface area contributed by atoms with Gasteiger partial charge in [0.25, 0.3) is 5.91 Å². The summed E-state index contributed by atoms with van der Waals surface area (Å²) < 4.78 is 77.4. The van der Waals surface area contributed by atoms with E-state index >= 15 is 0 Å². The highest BCUT2D eigenvalue weighted by Gasteiger charge is 2.38. The third kappa shape index (κ3) is 7.02. The summed E-state index contributed by atoms with van der Waals surface area (Å²) in [6, 6.07) is 6.38. The molecule has 1 heterocycles. The minimum Gasteiger partial charge on any atom is -0.406 e. The van der Waals surface area contributed by atoms with Crippen molar-refractivity contribution in [3.05, 3.63) is 42.2 Å². The lowest BCUT2D eigenvalue weighted by atomic mass is 10.2. The van der Waals surface area contributed by atoms with E-state index in [1.165, 1.54) is 24.4 Å². The number of nitrogen functional groups attached to an aromatic ring is 1. The van der Waals surface area contributed by atoms with Crippen molar-refractivity contribution < 1.29 is 41.0 Å². The number of amides is 1. The number of aliphatic hydroxyl groups excluding tert-OH is 1. The summed E-state index contributed by atoms with van der Waals surface area (Å²) in [4.78, 5) is 16.4. The second kappa shape index (κ2) is 8.78. The highest BCUT2D eigenvalue weighted by Crippen LogP contribution is 2.32. The van der Waals surface area contributed by atoms with E-state index in [0.717, 1.165) is 23.9 Å². The number of nitrogens with one attached hydrogen (secondary N) is 1. The Balaban J connectivity index is 2.06. The average Bonchev–Trinajstić information content (AvgIpc) is 2.57. The van der Waals surface area contributed by atoms with Crippen molar-refractivity contribution in [2.75, 3.05) is 12.3 Å². The molecule has 1 aromatic heterocycles. The predicted octanol–water partition coefficient (Wildman–Crippen LogP) is 3.37. The Morgan fingerprint density at radius 2 is 1.90 bits per heavy atom. The van der Waals surface area contributed by atoms with Gasteiger partial charge in [0.2, 0.25) is 0 Å². The molecule has 0 aliphatic carbocycles. The first-order valence-electron chi connectivity index (χ1n) is 7.67. The lowest BCUT2D eigenvalue weighted by molar-refractivity contribution is -0.274. The predicted molar refractivity (Wildman–Crippen MR) is 90.3 cm³/mol. The molecule has 1 unspecified atom stereocenters. The number of aromatic nitrogens is 1. The molecule has 0 saturated carbocycles. The van der Waals surface area contributed by atoms with Crippen LogP contribution in [-0.2, 0) is 0 Å². The second-order valence-corrected chi connectivity index (χ2v) is 6.65. The summed E-state index contributed by atoms with van der Waals surface area (Å²) in [5.74, 6) is -1.45. The molecule has 0 aliphatic heterocycles. The van der Waals surface area contributed by atoms with Gasteiger partial charge < -0.3 is 20.9 Å². The number of pyridine rings is 1. The number of rotatable bonds is 6. The maximum atomic E-state index is 12.3. The SMILES string of the molecule is Nc1cc(Sc2cccc(OC(F)(F)F)c2)cnc1C(=O)NCC(O)C(F)(F)F. The summed E-state index contributed by atoms with van der Waals surface area (Å²) in [5.41, 5.74) is 5.15. The normalized spacial score (nSPS) is 13.1. The number of anilines is 1. The monoisotopic (exact) mass is 441 g/mol. The Labute approximate surface area is 164 Å². The summed E-state index contributed by atoms with van der Waals surface area (Å²) in [5, 5.41) is 10.7. The lowest BCUT2D eigenvalue weighted by Gasteiger charge is -2.15. The second-order valence-electron chi connectivity index (χ2n) is 5.50. The number of nitrogens with zero attached hydrogens (tertiary/aromatic N) is 1. The van der Waals surface area contributed by atoms with Gasteiger partial charge in [0.05, 0.1) is 12.2 Å². The maximum Gasteiger partial charge on any atom is 0.573 e. The van der Waals surface area contributed by atoms with Crippen LogP contribution in [0.25, 0.3) is 0 Å². The van der Waals surface area contributed by atoms with Crippen molar-refractivity contribution in [1.29, 1.82) is 0 Å². The summed E-state index contributed by atoms with van der Waals surface area (Å²) in [6.07, 6.45) is -11.3. The van der Waals surface area contributed by atoms with Gasteiger partial charge in [-0.15, -0.1) is 13.2 Å². The van der Waals surface area contributed by atoms with Crippen molar-refractivity contribution in [1.82, 2.24) is 10.3 Å². The molecule has 0 fully saturated rings. The molecule has 29 heavy (non-hydrogen) atoms. The van der Waals surface area contributed by atoms with Gasteiger partial charge >= 0.3 is 12.5 Å². The number of alkyl halides is 6. The Kier molecular flexibility index (Phi) is 6.85. The standard InChI is InChI=1S/C16H13F6N3O3S/c17-15(18,19)12(26)7-25-14(27)13-11(23)5-10(6-24-13)29-9-3-1-2-8(4-9)28-16(20,21)22/h1-6,12,26H,7,23H2,(H,25,27). The highest BCUT2D eigenvalue weighted by atomic mass is 32.2. The van der Waals surface area contributed by atoms with Crippen LogP contribution >= 0.6 is 11.8 Å². The fourth-order valence-electron chi connectivity index (χ4n) is 1.97. The molecule has 0 spiro atoms. The molecule has 1 amide bonds. The van der Waals surface area contributed by atoms with E-state index in [-0.39, 0.29) is 11.4 Å². The number of aliphatic hydroxyl groups is 1. The van der Waals surface area contributed by atoms with Crippen LogP contribution in [0.3, 0.4) is 0 Å². The molecular formula is C16H13F6N3O3S. The summed E-state index contributed by atoms with van der Waals surface area (Å²) >= 11 is 0.974. The van der Waals surface area contributed by atoms with Gasteiger partial charge in [-0.2, -0.15) is 13.2 Å². The zero-order chi connectivity index (χ0) is 21.8. The molecule has 0 bridgehead atoms. The molecule has 6 nitrogen and oxygen atoms in total. The summed E-state index contributed by atoms with van der Waals surface area (Å²) in [7, 11) is 0. The van der Waals surface area contributed by atoms with Gasteiger partial charge in [-0.1, -0.05) is 17.8 Å². The lowest BCUT2D eigenvalue weighted by Crippen LogP contribution is -2.41. The van der Waals surface area contributed by atoms with E-state index < -0.39 is 36.8 Å². The van der Waals surface area contributed by atoms with E-state index in [0.29, 0.717) is 9.79 Å². The van der Waals surface area contributed by atoms with Gasteiger partial charge in [-0.3, -0.25) is 4.79 Å². The first-order chi connectivity index (χ1) is 13.3. The van der Waals surface area contributed by atoms with E-state index in [2.05, 4.69) is 9.72 Å². The number of benzene rings is 1. The fraction of sp³-hybridized carbons (Fsp3) is 0.250. The molecule has 4 N–H and O–H groups in total. The van der Waals surface area contributed by atoms with E-state index in [4.69, 9.17) is 10.8 Å². The van der Waals surface area contributed by atoms with Gasteiger partial charge in [-0.25, -0.2) is 4.98 Å². The number of hydrogen-bond acceptors (Lipinski definition) is 6. The highest BCUT2D eigenvalue weighted by molar-refractivity contribution is 7.99. The number of carbonyl (C=O) groups is 1. The van der Waals surface area contributed by atoms with Crippen molar-refractivity contribution in [3.8, 4) is 5.75 Å². The third-order valence-corrected chi connectivity index (χ3v) is 4.16. The van der Waals surface area contributed by atoms with Crippen LogP contribution in [0.5, 0.6) is 5.75 Å². The third-order valence-electron chi connectivity index (χ3n) is 3.22. The minimum absolute atomic E-state index is 0.170. The fourth-order valence-corrected chi connectivity index (χ4v) is 2.85. The molecule has 13 heteroatoms. The zero-order valence-corrected chi connectivity index (χ0v) is 15.0. The van der Waals surface area contributed by atoms with Crippen molar-refractivity contribution in [2.45, 2.75) is 28.4 Å². The molecule has 158 valence electrons. The smallest absolute Gasteiger partial charge is 0.406 e. The van der Waals surface area contributed by atoms with Crippen LogP contribution in [0.1, 0.15) is 10.5 Å². The number of nitrogens with two attached hydrogens (primary N) is 1. The van der Waals surface area contributed by atoms with Crippen molar-refractivity contribution in [3.63, 3.8) is 0 Å². The molecule has 0 aliphatic rings. The zero-order valence-electron chi connectivity index (χ0n) is 14.2. The van der Waals surface area contributed by atoms with Crippen molar-refractivity contribution in [2.24, 2.45) is 0 Å². The Hall–Kier alpha value is -2.67. The molecule has 1 atom stereocenters. The Morgan fingerprint density at radius 3 is 2.48 bits per heavy atom. The minimum atomic E-state index is -4.89. The van der Waals surface area contributed by atoms with Crippen LogP contribution in [-0.4, -0.2) is 41.2 Å². The molecule has 2 aromatic rings. The van der Waals surface area contributed by atoms with E-state index in [1.807, 2.05) is 5.32 Å². The summed E-state index contributed by atoms with van der Waals surface area (Å²) in [6.45, 7) is -1.08. The van der Waals surface area contributed by atoms with E-state index in [1.54, 1.807) is 0 Å². The van der Waals surface area contributed by atoms with Gasteiger partial charge in [0.1, 0.15) is 5.75 Å². The van der Waals surface area contributed by atoms with Gasteiger partial charge in [0, 0.05) is 16.0 Å². The average molecular weight is 441 g/mol. The van der Waals surface area contributed by atoms with Crippen LogP contribution in [0.15, 0.2) is 46.3 Å². The molecule has 0 saturated heterocycles. The topological polar surface area (TPSA) is 97.5 Å². The van der Waals surface area contributed by atoms with Crippen LogP contribution in [0.2, 0.25) is 0 Å². The van der Waals surface area contributed by atoms with E-state index in [9.17, 15) is 31.1 Å². The van der Waals surface area contributed by atoms with Crippen LogP contribution < -0.4 is 15.8 Å². The van der Waals surface area contributed by atoms with Crippen molar-refractivity contribution >= 4 is 23.4 Å². The number of ether oxygens (including phenoxy) is 1.